The van der Waals surface area contributed by atoms with Crippen molar-refractivity contribution in [1.82, 2.24) is 0 Å². The van der Waals surface area contributed by atoms with Gasteiger partial charge in [-0.15, -0.1) is 13.2 Å². The third kappa shape index (κ3) is 4.33. The molecule has 1 aromatic heterocycles. The van der Waals surface area contributed by atoms with Gasteiger partial charge in [-0.25, -0.2) is 9.18 Å². The predicted octanol–water partition coefficient (Wildman–Crippen LogP) is 5.54. The zero-order valence-corrected chi connectivity index (χ0v) is 14.8. The number of ether oxygens (including phenoxy) is 1. The molecule has 0 aliphatic carbocycles. The molecule has 0 aliphatic heterocycles. The highest BCUT2D eigenvalue weighted by Crippen LogP contribution is 2.33. The summed E-state index contributed by atoms with van der Waals surface area (Å²) in [4.78, 5) is 11.4. The first-order valence-corrected chi connectivity index (χ1v) is 8.17. The Hall–Kier alpha value is -2.75. The van der Waals surface area contributed by atoms with Gasteiger partial charge in [0.1, 0.15) is 17.1 Å². The molecule has 0 bridgehead atoms. The predicted molar refractivity (Wildman–Crippen MR) is 91.3 cm³/mol. The van der Waals surface area contributed by atoms with Gasteiger partial charge in [0.15, 0.2) is 0 Å². The van der Waals surface area contributed by atoms with Crippen LogP contribution in [-0.4, -0.2) is 17.4 Å². The first kappa shape index (κ1) is 19.0. The van der Waals surface area contributed by atoms with Crippen LogP contribution in [0.2, 0.25) is 0 Å². The molecule has 5 nitrogen and oxygen atoms in total. The van der Waals surface area contributed by atoms with Gasteiger partial charge in [-0.2, -0.15) is 0 Å². The Morgan fingerprint density at radius 1 is 1.22 bits per heavy atom. The van der Waals surface area contributed by atoms with Crippen LogP contribution in [0.3, 0.4) is 0 Å². The smallest absolute Gasteiger partial charge is 0.475 e. The van der Waals surface area contributed by atoms with Gasteiger partial charge >= 0.3 is 12.3 Å². The van der Waals surface area contributed by atoms with Gasteiger partial charge in [-0.05, 0) is 52.3 Å². The summed E-state index contributed by atoms with van der Waals surface area (Å²) in [6, 6.07) is 7.38. The van der Waals surface area contributed by atoms with Gasteiger partial charge in [0, 0.05) is 23.2 Å². The van der Waals surface area contributed by atoms with Crippen molar-refractivity contribution in [1.29, 1.82) is 0 Å². The molecule has 1 heterocycles. The highest BCUT2D eigenvalue weighted by atomic mass is 79.9. The van der Waals surface area contributed by atoms with Gasteiger partial charge in [-0.1, -0.05) is 0 Å². The Balaban J connectivity index is 1.86. The maximum Gasteiger partial charge on any atom is 0.573 e. The minimum Gasteiger partial charge on any atom is -0.475 e. The number of hydrogen-bond donors (Lipinski definition) is 2. The number of aromatic carboxylic acids is 1. The first-order valence-electron chi connectivity index (χ1n) is 7.37. The van der Waals surface area contributed by atoms with Gasteiger partial charge in [0.05, 0.1) is 4.47 Å². The van der Waals surface area contributed by atoms with Crippen LogP contribution in [-0.2, 0) is 6.54 Å². The van der Waals surface area contributed by atoms with E-state index in [1.165, 1.54) is 18.2 Å². The standard InChI is InChI=1S/C17H10BrF4NO4/c18-12-6-9(2-4-14(12)27-17(20,21)22)23-7-11-10-5-8(19)1-3-13(10)26-15(11)16(24)25/h1-6,23H,7H2,(H,24,25). The SMILES string of the molecule is O=C(O)c1oc2ccc(F)cc2c1CNc1ccc(OC(F)(F)F)c(Br)c1. The number of anilines is 1. The molecule has 27 heavy (non-hydrogen) atoms. The van der Waals surface area contributed by atoms with Crippen LogP contribution in [0.5, 0.6) is 5.75 Å². The third-order valence-corrected chi connectivity index (χ3v) is 4.19. The molecule has 2 N–H and O–H groups in total. The van der Waals surface area contributed by atoms with Gasteiger partial charge in [0.2, 0.25) is 5.76 Å². The minimum atomic E-state index is -4.83. The molecule has 0 radical (unpaired) electrons. The zero-order chi connectivity index (χ0) is 19.8. The van der Waals surface area contributed by atoms with E-state index in [1.807, 2.05) is 0 Å². The second-order valence-corrected chi connectivity index (χ2v) is 6.26. The van der Waals surface area contributed by atoms with Gasteiger partial charge in [0.25, 0.3) is 0 Å². The minimum absolute atomic E-state index is 0.0476. The quantitative estimate of drug-likeness (QED) is 0.502. The highest BCUT2D eigenvalue weighted by molar-refractivity contribution is 9.10. The lowest BCUT2D eigenvalue weighted by Gasteiger charge is -2.12. The van der Waals surface area contributed by atoms with Crippen LogP contribution in [0.4, 0.5) is 23.2 Å². The van der Waals surface area contributed by atoms with Crippen LogP contribution >= 0.6 is 15.9 Å². The number of fused-ring (bicyclic) bond motifs is 1. The van der Waals surface area contributed by atoms with E-state index in [1.54, 1.807) is 0 Å². The normalized spacial score (nSPS) is 11.6. The van der Waals surface area contributed by atoms with Crippen LogP contribution in [0, 0.1) is 5.82 Å². The van der Waals surface area contributed by atoms with Crippen LogP contribution < -0.4 is 10.1 Å². The second kappa shape index (κ2) is 7.10. The van der Waals surface area contributed by atoms with Crippen molar-refractivity contribution in [2.45, 2.75) is 12.9 Å². The van der Waals surface area contributed by atoms with E-state index in [-0.39, 0.29) is 33.3 Å². The molecular weight excluding hydrogens is 438 g/mol. The zero-order valence-electron chi connectivity index (χ0n) is 13.2. The molecule has 0 saturated carbocycles. The number of halogens is 5. The molecule has 0 amide bonds. The van der Waals surface area contributed by atoms with Crippen LogP contribution in [0.1, 0.15) is 16.1 Å². The molecule has 3 rings (SSSR count). The number of benzene rings is 2. The number of rotatable bonds is 5. The van der Waals surface area contributed by atoms with E-state index in [4.69, 9.17) is 4.42 Å². The van der Waals surface area contributed by atoms with Crippen molar-refractivity contribution in [3.63, 3.8) is 0 Å². The number of carboxylic acids is 1. The largest absolute Gasteiger partial charge is 0.573 e. The van der Waals surface area contributed by atoms with E-state index in [0.29, 0.717) is 5.69 Å². The fourth-order valence-electron chi connectivity index (χ4n) is 2.48. The molecule has 3 aromatic rings. The maximum absolute atomic E-state index is 13.5. The Morgan fingerprint density at radius 2 is 1.96 bits per heavy atom. The summed E-state index contributed by atoms with van der Waals surface area (Å²) in [6.45, 7) is -0.0516. The van der Waals surface area contributed by atoms with Crippen molar-refractivity contribution < 1.29 is 36.6 Å². The Bertz CT molecular complexity index is 1020. The van der Waals surface area contributed by atoms with Crippen molar-refractivity contribution in [2.24, 2.45) is 0 Å². The number of carbonyl (C=O) groups is 1. The van der Waals surface area contributed by atoms with Gasteiger partial charge < -0.3 is 19.6 Å². The van der Waals surface area contributed by atoms with Crippen molar-refractivity contribution >= 4 is 38.6 Å². The summed E-state index contributed by atoms with van der Waals surface area (Å²) in [5.41, 5.74) is 0.808. The van der Waals surface area contributed by atoms with E-state index >= 15 is 0 Å². The summed E-state index contributed by atoms with van der Waals surface area (Å²) in [6.07, 6.45) is -4.83. The summed E-state index contributed by atoms with van der Waals surface area (Å²) in [5.74, 6) is -2.65. The molecule has 0 unspecified atom stereocenters. The van der Waals surface area contributed by atoms with Crippen molar-refractivity contribution in [3.05, 3.63) is 58.0 Å². The van der Waals surface area contributed by atoms with Crippen LogP contribution in [0.15, 0.2) is 45.3 Å². The van der Waals surface area contributed by atoms with E-state index in [2.05, 4.69) is 26.0 Å². The molecular formula is C17H10BrF4NO4. The average Bonchev–Trinajstić information content (AvgIpc) is 2.92. The molecule has 2 aromatic carbocycles. The molecule has 0 atom stereocenters. The van der Waals surface area contributed by atoms with Crippen molar-refractivity contribution in [3.8, 4) is 5.75 Å². The summed E-state index contributed by atoms with van der Waals surface area (Å²) in [7, 11) is 0. The maximum atomic E-state index is 13.5. The Kier molecular flexibility index (Phi) is 5.01. The molecule has 0 fully saturated rings. The van der Waals surface area contributed by atoms with E-state index in [0.717, 1.165) is 18.2 Å². The van der Waals surface area contributed by atoms with E-state index < -0.39 is 23.9 Å². The van der Waals surface area contributed by atoms with Crippen LogP contribution in [0.25, 0.3) is 11.0 Å². The second-order valence-electron chi connectivity index (χ2n) is 5.40. The van der Waals surface area contributed by atoms with Gasteiger partial charge in [-0.3, -0.25) is 0 Å². The molecule has 10 heteroatoms. The Labute approximate surface area is 157 Å². The summed E-state index contributed by atoms with van der Waals surface area (Å²) < 4.78 is 59.5. The third-order valence-electron chi connectivity index (χ3n) is 3.57. The molecule has 0 aliphatic rings. The lowest BCUT2D eigenvalue weighted by Crippen LogP contribution is -2.17. The fraction of sp³-hybridized carbons (Fsp3) is 0.118. The van der Waals surface area contributed by atoms with E-state index in [9.17, 15) is 27.5 Å². The lowest BCUT2D eigenvalue weighted by atomic mass is 10.1. The summed E-state index contributed by atoms with van der Waals surface area (Å²) in [5, 5.41) is 12.4. The summed E-state index contributed by atoms with van der Waals surface area (Å²) >= 11 is 2.98. The average molecular weight is 448 g/mol. The topological polar surface area (TPSA) is 71.7 Å². The molecule has 0 saturated heterocycles. The first-order chi connectivity index (χ1) is 12.6. The Morgan fingerprint density at radius 3 is 2.59 bits per heavy atom. The number of hydrogen-bond acceptors (Lipinski definition) is 4. The highest BCUT2D eigenvalue weighted by Gasteiger charge is 2.32. The lowest BCUT2D eigenvalue weighted by molar-refractivity contribution is -0.274. The number of nitrogens with one attached hydrogen (secondary N) is 1. The number of carboxylic acid groups (broad SMARTS) is 1. The monoisotopic (exact) mass is 447 g/mol. The number of alkyl halides is 3. The fourth-order valence-corrected chi connectivity index (χ4v) is 2.94. The molecule has 0 spiro atoms. The number of furan rings is 1. The molecule has 142 valence electrons. The van der Waals surface area contributed by atoms with Crippen molar-refractivity contribution in [2.75, 3.05) is 5.32 Å².